The van der Waals surface area contributed by atoms with Gasteiger partial charge in [-0.1, -0.05) is 0 Å². The average Bonchev–Trinajstić information content (AvgIpc) is 2.95. The average molecular weight is 349 g/mol. The molecule has 1 spiro atoms. The van der Waals surface area contributed by atoms with E-state index >= 15 is 0 Å². The highest BCUT2D eigenvalue weighted by molar-refractivity contribution is 7.09. The monoisotopic (exact) mass is 349 g/mol. The molecule has 1 N–H and O–H groups in total. The molecule has 2 aliphatic rings. The maximum Gasteiger partial charge on any atom is 0.411 e. The largest absolute Gasteiger partial charge is 0.411 e. The smallest absolute Gasteiger partial charge is 0.371 e. The maximum absolute atomic E-state index is 12.2. The van der Waals surface area contributed by atoms with Gasteiger partial charge in [0, 0.05) is 24.2 Å². The first-order valence-electron chi connectivity index (χ1n) is 7.96. The second-order valence-electron chi connectivity index (χ2n) is 6.40. The van der Waals surface area contributed by atoms with Crippen molar-refractivity contribution in [2.75, 3.05) is 32.8 Å². The highest BCUT2D eigenvalue weighted by Gasteiger charge is 2.56. The van der Waals surface area contributed by atoms with Gasteiger partial charge in [-0.2, -0.15) is 13.2 Å². The van der Waals surface area contributed by atoms with Crippen LogP contribution >= 0.6 is 11.3 Å². The SMILES string of the molecule is FC(F)(F)COCCN(Cc1nccs1)C1CC12CCNCC2. The first-order valence-corrected chi connectivity index (χ1v) is 8.84. The number of hydrogen-bond donors (Lipinski definition) is 1. The minimum atomic E-state index is -4.25. The topological polar surface area (TPSA) is 37.4 Å². The summed E-state index contributed by atoms with van der Waals surface area (Å²) < 4.78 is 41.4. The van der Waals surface area contributed by atoms with Crippen molar-refractivity contribution in [3.63, 3.8) is 0 Å². The van der Waals surface area contributed by atoms with E-state index in [2.05, 4.69) is 15.2 Å². The molecule has 1 saturated heterocycles. The molecule has 0 radical (unpaired) electrons. The molecule has 1 aromatic rings. The zero-order valence-corrected chi connectivity index (χ0v) is 13.8. The van der Waals surface area contributed by atoms with Gasteiger partial charge in [-0.3, -0.25) is 4.90 Å². The molecule has 1 atom stereocenters. The van der Waals surface area contributed by atoms with Crippen molar-refractivity contribution in [3.8, 4) is 0 Å². The van der Waals surface area contributed by atoms with E-state index in [-0.39, 0.29) is 6.61 Å². The lowest BCUT2D eigenvalue weighted by molar-refractivity contribution is -0.174. The summed E-state index contributed by atoms with van der Waals surface area (Å²) in [6, 6.07) is 0.447. The van der Waals surface area contributed by atoms with Crippen LogP contribution in [-0.4, -0.2) is 55.0 Å². The van der Waals surface area contributed by atoms with E-state index in [0.717, 1.165) is 37.4 Å². The highest BCUT2D eigenvalue weighted by Crippen LogP contribution is 2.55. The Morgan fingerprint density at radius 3 is 2.83 bits per heavy atom. The number of piperidine rings is 1. The van der Waals surface area contributed by atoms with E-state index in [1.807, 2.05) is 5.38 Å². The van der Waals surface area contributed by atoms with Gasteiger partial charge in [0.2, 0.25) is 0 Å². The summed E-state index contributed by atoms with van der Waals surface area (Å²) >= 11 is 1.59. The van der Waals surface area contributed by atoms with Crippen LogP contribution in [0, 0.1) is 5.41 Å². The summed E-state index contributed by atoms with van der Waals surface area (Å²) in [7, 11) is 0. The molecule has 1 aliphatic carbocycles. The molecule has 8 heteroatoms. The van der Waals surface area contributed by atoms with E-state index in [1.54, 1.807) is 17.5 Å². The van der Waals surface area contributed by atoms with E-state index in [1.165, 1.54) is 0 Å². The number of nitrogens with one attached hydrogen (secondary N) is 1. The van der Waals surface area contributed by atoms with Crippen LogP contribution in [-0.2, 0) is 11.3 Å². The predicted octanol–water partition coefficient (Wildman–Crippen LogP) is 2.67. The van der Waals surface area contributed by atoms with E-state index in [9.17, 15) is 13.2 Å². The molecule has 1 saturated carbocycles. The Morgan fingerprint density at radius 2 is 2.17 bits per heavy atom. The molecule has 23 heavy (non-hydrogen) atoms. The number of rotatable bonds is 7. The standard InChI is InChI=1S/C15H22F3N3OS/c16-15(17,18)11-22-7-6-21(10-13-20-5-8-23-13)12-9-14(12)1-3-19-4-2-14/h5,8,12,19H,1-4,6-7,9-11H2. The minimum absolute atomic E-state index is 0.107. The first-order chi connectivity index (χ1) is 11.0. The van der Waals surface area contributed by atoms with Crippen LogP contribution in [0.15, 0.2) is 11.6 Å². The molecule has 1 aromatic heterocycles. The van der Waals surface area contributed by atoms with Gasteiger partial charge in [0.15, 0.2) is 0 Å². The normalized spacial score (nSPS) is 23.6. The molecular weight excluding hydrogens is 327 g/mol. The Morgan fingerprint density at radius 1 is 1.39 bits per heavy atom. The van der Waals surface area contributed by atoms with Crippen LogP contribution in [0.3, 0.4) is 0 Å². The molecule has 1 aliphatic heterocycles. The van der Waals surface area contributed by atoms with E-state index < -0.39 is 12.8 Å². The molecule has 0 aromatic carbocycles. The molecular formula is C15H22F3N3OS. The second kappa shape index (κ2) is 7.04. The van der Waals surface area contributed by atoms with Gasteiger partial charge in [-0.05, 0) is 37.8 Å². The molecule has 0 amide bonds. The predicted molar refractivity (Wildman–Crippen MR) is 82.3 cm³/mol. The van der Waals surface area contributed by atoms with Crippen molar-refractivity contribution in [3.05, 3.63) is 16.6 Å². The van der Waals surface area contributed by atoms with Crippen LogP contribution in [0.2, 0.25) is 0 Å². The van der Waals surface area contributed by atoms with Crippen molar-refractivity contribution in [1.82, 2.24) is 15.2 Å². The highest BCUT2D eigenvalue weighted by atomic mass is 32.1. The number of aromatic nitrogens is 1. The summed E-state index contributed by atoms with van der Waals surface area (Å²) in [6.07, 6.45) is 0.950. The van der Waals surface area contributed by atoms with Gasteiger partial charge in [0.05, 0.1) is 13.2 Å². The summed E-state index contributed by atoms with van der Waals surface area (Å²) in [6.45, 7) is 2.23. The fourth-order valence-corrected chi connectivity index (χ4v) is 4.17. The van der Waals surface area contributed by atoms with Crippen molar-refractivity contribution in [2.45, 2.75) is 38.0 Å². The number of hydrogen-bond acceptors (Lipinski definition) is 5. The second-order valence-corrected chi connectivity index (χ2v) is 7.38. The van der Waals surface area contributed by atoms with Gasteiger partial charge >= 0.3 is 6.18 Å². The molecule has 130 valence electrons. The van der Waals surface area contributed by atoms with Crippen molar-refractivity contribution >= 4 is 11.3 Å². The van der Waals surface area contributed by atoms with E-state index in [4.69, 9.17) is 4.74 Å². The van der Waals surface area contributed by atoms with Crippen LogP contribution in [0.1, 0.15) is 24.3 Å². The molecule has 3 rings (SSSR count). The molecule has 0 bridgehead atoms. The van der Waals surface area contributed by atoms with Crippen LogP contribution in [0.5, 0.6) is 0 Å². The van der Waals surface area contributed by atoms with Gasteiger partial charge < -0.3 is 10.1 Å². The fourth-order valence-electron chi connectivity index (χ4n) is 3.52. The number of thiazole rings is 1. The summed E-state index contributed by atoms with van der Waals surface area (Å²) in [4.78, 5) is 6.58. The van der Waals surface area contributed by atoms with Gasteiger partial charge in [0.25, 0.3) is 0 Å². The third-order valence-electron chi connectivity index (χ3n) is 4.80. The fraction of sp³-hybridized carbons (Fsp3) is 0.800. The van der Waals surface area contributed by atoms with Crippen molar-refractivity contribution < 1.29 is 17.9 Å². The quantitative estimate of drug-likeness (QED) is 0.768. The van der Waals surface area contributed by atoms with E-state index in [0.29, 0.717) is 24.5 Å². The van der Waals surface area contributed by atoms with Gasteiger partial charge in [0.1, 0.15) is 11.6 Å². The Labute approximate surface area is 138 Å². The minimum Gasteiger partial charge on any atom is -0.371 e. The van der Waals surface area contributed by atoms with Gasteiger partial charge in [-0.15, -0.1) is 11.3 Å². The lowest BCUT2D eigenvalue weighted by Crippen LogP contribution is -2.37. The molecule has 4 nitrogen and oxygen atoms in total. The Kier molecular flexibility index (Phi) is 5.25. The lowest BCUT2D eigenvalue weighted by Gasteiger charge is -2.29. The Bertz CT molecular complexity index is 489. The lowest BCUT2D eigenvalue weighted by atomic mass is 9.93. The number of nitrogens with zero attached hydrogens (tertiary/aromatic N) is 2. The third kappa shape index (κ3) is 4.65. The number of ether oxygens (including phenoxy) is 1. The Hall–Kier alpha value is -0.700. The summed E-state index contributed by atoms with van der Waals surface area (Å²) in [5.41, 5.74) is 0.354. The van der Waals surface area contributed by atoms with Crippen molar-refractivity contribution in [2.24, 2.45) is 5.41 Å². The zero-order chi connectivity index (χ0) is 16.3. The number of halogens is 3. The van der Waals surface area contributed by atoms with Gasteiger partial charge in [-0.25, -0.2) is 4.98 Å². The van der Waals surface area contributed by atoms with Crippen LogP contribution in [0.25, 0.3) is 0 Å². The summed E-state index contributed by atoms with van der Waals surface area (Å²) in [5, 5.41) is 6.32. The maximum atomic E-state index is 12.2. The molecule has 2 fully saturated rings. The summed E-state index contributed by atoms with van der Waals surface area (Å²) in [5.74, 6) is 0. The van der Waals surface area contributed by atoms with Crippen LogP contribution < -0.4 is 5.32 Å². The van der Waals surface area contributed by atoms with Crippen molar-refractivity contribution in [1.29, 1.82) is 0 Å². The molecule has 2 heterocycles. The first kappa shape index (κ1) is 17.1. The third-order valence-corrected chi connectivity index (χ3v) is 5.56. The Balaban J connectivity index is 1.54. The van der Waals surface area contributed by atoms with Crippen LogP contribution in [0.4, 0.5) is 13.2 Å². The molecule has 1 unspecified atom stereocenters. The number of alkyl halides is 3. The zero-order valence-electron chi connectivity index (χ0n) is 12.9.